The topological polar surface area (TPSA) is 19.0 Å². The molecule has 0 saturated heterocycles. The van der Waals surface area contributed by atoms with Gasteiger partial charge < -0.3 is 4.98 Å². The summed E-state index contributed by atoms with van der Waals surface area (Å²) < 4.78 is 0. The molecular weight excluding hydrogens is 232 g/mol. The van der Waals surface area contributed by atoms with E-state index >= 15 is 0 Å². The summed E-state index contributed by atoms with van der Waals surface area (Å²) in [6, 6.07) is 7.14. The fourth-order valence-electron chi connectivity index (χ4n) is 3.65. The highest BCUT2D eigenvalue weighted by atomic mass is 15.2. The third-order valence-corrected chi connectivity index (χ3v) is 4.46. The van der Waals surface area contributed by atoms with Gasteiger partial charge in [0, 0.05) is 36.2 Å². The maximum absolute atomic E-state index is 3.90. The normalized spacial score (nSPS) is 22.1. The molecule has 0 fully saturated rings. The summed E-state index contributed by atoms with van der Waals surface area (Å²) in [6.07, 6.45) is 8.92. The van der Waals surface area contributed by atoms with Gasteiger partial charge in [0.25, 0.3) is 0 Å². The molecule has 0 amide bonds. The average molecular weight is 250 g/mol. The molecular formula is C17H18N2. The van der Waals surface area contributed by atoms with Gasteiger partial charge >= 0.3 is 0 Å². The molecule has 2 heteroatoms. The minimum Gasteiger partial charge on any atom is -0.361 e. The smallest absolute Gasteiger partial charge is 0.0462 e. The van der Waals surface area contributed by atoms with Crippen molar-refractivity contribution in [2.75, 3.05) is 13.1 Å². The van der Waals surface area contributed by atoms with E-state index in [4.69, 9.17) is 0 Å². The number of hydrogen-bond acceptors (Lipinski definition) is 1. The number of rotatable bonds is 2. The first-order valence-electron chi connectivity index (χ1n) is 7.03. The van der Waals surface area contributed by atoms with Gasteiger partial charge in [-0.15, -0.1) is 6.58 Å². The minimum atomic E-state index is 0.528. The van der Waals surface area contributed by atoms with E-state index in [1.54, 1.807) is 0 Å². The third-order valence-electron chi connectivity index (χ3n) is 4.46. The first kappa shape index (κ1) is 11.1. The Balaban J connectivity index is 1.90. The van der Waals surface area contributed by atoms with Gasteiger partial charge in [-0.25, -0.2) is 0 Å². The molecule has 2 aliphatic rings. The summed E-state index contributed by atoms with van der Waals surface area (Å²) in [5, 5.41) is 1.44. The lowest BCUT2D eigenvalue weighted by atomic mass is 9.82. The van der Waals surface area contributed by atoms with Gasteiger partial charge in [0.2, 0.25) is 0 Å². The van der Waals surface area contributed by atoms with Gasteiger partial charge in [-0.3, -0.25) is 4.90 Å². The van der Waals surface area contributed by atoms with Crippen LogP contribution < -0.4 is 0 Å². The highest BCUT2D eigenvalue weighted by molar-refractivity contribution is 5.98. The second kappa shape index (κ2) is 4.10. The van der Waals surface area contributed by atoms with Crippen LogP contribution in [-0.4, -0.2) is 29.0 Å². The van der Waals surface area contributed by atoms with Crippen molar-refractivity contribution in [2.24, 2.45) is 0 Å². The van der Waals surface area contributed by atoms with Gasteiger partial charge in [0.1, 0.15) is 0 Å². The zero-order valence-corrected chi connectivity index (χ0v) is 11.0. The first-order valence-corrected chi connectivity index (χ1v) is 7.03. The van der Waals surface area contributed by atoms with Gasteiger partial charge in [-0.05, 0) is 35.6 Å². The monoisotopic (exact) mass is 250 g/mol. The van der Waals surface area contributed by atoms with Crippen LogP contribution >= 0.6 is 0 Å². The molecule has 0 unspecified atom stereocenters. The Labute approximate surface area is 113 Å². The Morgan fingerprint density at radius 2 is 2.37 bits per heavy atom. The van der Waals surface area contributed by atoms with Crippen LogP contribution in [0.4, 0.5) is 0 Å². The van der Waals surface area contributed by atoms with E-state index in [9.17, 15) is 0 Å². The molecule has 1 aliphatic carbocycles. The molecule has 96 valence electrons. The molecule has 4 rings (SSSR count). The lowest BCUT2D eigenvalue weighted by Crippen LogP contribution is -2.42. The van der Waals surface area contributed by atoms with Gasteiger partial charge in [-0.1, -0.05) is 24.3 Å². The SMILES string of the molecule is C=CCN1CCC=C2c3cccc4[nH]cc(c34)C[C@H]21. The van der Waals surface area contributed by atoms with E-state index in [1.807, 2.05) is 6.08 Å². The summed E-state index contributed by atoms with van der Waals surface area (Å²) in [6.45, 7) is 6.03. The maximum atomic E-state index is 3.90. The van der Waals surface area contributed by atoms with E-state index in [1.165, 1.54) is 27.6 Å². The number of nitrogens with zero attached hydrogens (tertiary/aromatic N) is 1. The number of aromatic amines is 1. The van der Waals surface area contributed by atoms with E-state index in [0.29, 0.717) is 6.04 Å². The number of H-pyrrole nitrogens is 1. The number of nitrogens with one attached hydrogen (secondary N) is 1. The summed E-state index contributed by atoms with van der Waals surface area (Å²) in [5.74, 6) is 0. The molecule has 1 N–H and O–H groups in total. The maximum Gasteiger partial charge on any atom is 0.0462 e. The highest BCUT2D eigenvalue weighted by Crippen LogP contribution is 2.40. The van der Waals surface area contributed by atoms with E-state index < -0.39 is 0 Å². The Morgan fingerprint density at radius 3 is 3.26 bits per heavy atom. The van der Waals surface area contributed by atoms with Gasteiger partial charge in [0.15, 0.2) is 0 Å². The van der Waals surface area contributed by atoms with Crippen molar-refractivity contribution in [3.05, 3.63) is 54.3 Å². The predicted octanol–water partition coefficient (Wildman–Crippen LogP) is 3.37. The Bertz CT molecular complexity index is 678. The van der Waals surface area contributed by atoms with Crippen molar-refractivity contribution in [1.29, 1.82) is 0 Å². The lowest BCUT2D eigenvalue weighted by Gasteiger charge is -2.38. The molecule has 0 bridgehead atoms. The van der Waals surface area contributed by atoms with Crippen LogP contribution in [0.3, 0.4) is 0 Å². The van der Waals surface area contributed by atoms with Crippen LogP contribution in [0.2, 0.25) is 0 Å². The first-order chi connectivity index (χ1) is 9.38. The molecule has 1 aromatic heterocycles. The van der Waals surface area contributed by atoms with Crippen LogP contribution in [-0.2, 0) is 6.42 Å². The molecule has 1 atom stereocenters. The molecule has 19 heavy (non-hydrogen) atoms. The molecule has 2 nitrogen and oxygen atoms in total. The molecule has 0 spiro atoms. The zero-order chi connectivity index (χ0) is 12.8. The summed E-state index contributed by atoms with van der Waals surface area (Å²) in [4.78, 5) is 5.96. The molecule has 1 aromatic carbocycles. The van der Waals surface area contributed by atoms with E-state index in [0.717, 1.165) is 25.9 Å². The van der Waals surface area contributed by atoms with Crippen molar-refractivity contribution >= 4 is 16.5 Å². The molecule has 1 aliphatic heterocycles. The fraction of sp³-hybridized carbons (Fsp3) is 0.294. The number of hydrogen-bond donors (Lipinski definition) is 1. The lowest BCUT2D eigenvalue weighted by molar-refractivity contribution is 0.254. The average Bonchev–Trinajstić information content (AvgIpc) is 2.85. The van der Waals surface area contributed by atoms with Crippen molar-refractivity contribution in [1.82, 2.24) is 9.88 Å². The number of benzene rings is 1. The molecule has 0 radical (unpaired) electrons. The summed E-state index contributed by atoms with van der Waals surface area (Å²) in [5.41, 5.74) is 5.68. The van der Waals surface area contributed by atoms with Crippen molar-refractivity contribution in [3.63, 3.8) is 0 Å². The van der Waals surface area contributed by atoms with Crippen molar-refractivity contribution in [2.45, 2.75) is 18.9 Å². The van der Waals surface area contributed by atoms with Crippen molar-refractivity contribution in [3.8, 4) is 0 Å². The van der Waals surface area contributed by atoms with Crippen LogP contribution in [0.5, 0.6) is 0 Å². The van der Waals surface area contributed by atoms with Gasteiger partial charge in [0.05, 0.1) is 0 Å². The van der Waals surface area contributed by atoms with E-state index in [-0.39, 0.29) is 0 Å². The van der Waals surface area contributed by atoms with Crippen molar-refractivity contribution < 1.29 is 0 Å². The second-order valence-electron chi connectivity index (χ2n) is 5.49. The number of aromatic nitrogens is 1. The van der Waals surface area contributed by atoms with E-state index in [2.05, 4.69) is 46.9 Å². The molecule has 0 saturated carbocycles. The predicted molar refractivity (Wildman–Crippen MR) is 80.2 cm³/mol. The Kier molecular flexibility index (Phi) is 2.39. The highest BCUT2D eigenvalue weighted by Gasteiger charge is 2.31. The largest absolute Gasteiger partial charge is 0.361 e. The van der Waals surface area contributed by atoms with Gasteiger partial charge in [-0.2, -0.15) is 0 Å². The minimum absolute atomic E-state index is 0.528. The Hall–Kier alpha value is -1.80. The fourth-order valence-corrected chi connectivity index (χ4v) is 3.65. The standard InChI is InChI=1S/C17H18N2/c1-2-8-19-9-4-6-13-14-5-3-7-15-17(14)12(11-18-15)10-16(13)19/h2-3,5-7,11,16,18H,1,4,8-10H2/t16-/m1/s1. The molecule has 2 aromatic rings. The quantitative estimate of drug-likeness (QED) is 0.810. The third kappa shape index (κ3) is 1.53. The van der Waals surface area contributed by atoms with Crippen LogP contribution in [0, 0.1) is 0 Å². The van der Waals surface area contributed by atoms with Crippen LogP contribution in [0.25, 0.3) is 16.5 Å². The zero-order valence-electron chi connectivity index (χ0n) is 11.0. The second-order valence-corrected chi connectivity index (χ2v) is 5.49. The number of fused-ring (bicyclic) bond motifs is 2. The molecule has 2 heterocycles. The van der Waals surface area contributed by atoms with Crippen LogP contribution in [0.1, 0.15) is 17.5 Å². The van der Waals surface area contributed by atoms with Crippen LogP contribution in [0.15, 0.2) is 43.1 Å². The summed E-state index contributed by atoms with van der Waals surface area (Å²) in [7, 11) is 0. The Morgan fingerprint density at radius 1 is 1.42 bits per heavy atom. The summed E-state index contributed by atoms with van der Waals surface area (Å²) >= 11 is 0.